The fraction of sp³-hybridized carbons (Fsp3) is 0.857. The maximum atomic E-state index is 12.0. The molecule has 5 aliphatic rings. The summed E-state index contributed by atoms with van der Waals surface area (Å²) in [7, 11) is 0. The average Bonchev–Trinajstić information content (AvgIpc) is 3.27. The van der Waals surface area contributed by atoms with E-state index in [1.807, 2.05) is 6.08 Å². The van der Waals surface area contributed by atoms with Gasteiger partial charge in [-0.15, -0.1) is 0 Å². The Bertz CT molecular complexity index is 613. The molecule has 132 valence electrons. The minimum absolute atomic E-state index is 0.212. The van der Waals surface area contributed by atoms with E-state index in [0.29, 0.717) is 23.2 Å². The largest absolute Gasteiger partial charge is 0.365 e. The Labute approximate surface area is 145 Å². The van der Waals surface area contributed by atoms with E-state index in [4.69, 9.17) is 10.5 Å². The molecule has 1 heterocycles. The van der Waals surface area contributed by atoms with Gasteiger partial charge in [0, 0.05) is 6.42 Å². The predicted octanol–water partition coefficient (Wildman–Crippen LogP) is 3.47. The zero-order valence-corrected chi connectivity index (χ0v) is 15.1. The molecule has 3 saturated carbocycles. The standard InChI is InChI=1S/C21H31NO2/c1-20-9-6-15-17(14(20)4-3-12(20)7-10-22)19-18(24-19)16-11-13(23)5-8-21(15,16)2/h11-12,14-15,17-19H,3-10,22H2,1-2H3/t12-,14?,15?,17?,18+,19-,20-,21-/m1/s1. The lowest BCUT2D eigenvalue weighted by Crippen LogP contribution is -2.53. The summed E-state index contributed by atoms with van der Waals surface area (Å²) in [4.78, 5) is 12.0. The minimum atomic E-state index is 0.212. The number of rotatable bonds is 2. The smallest absolute Gasteiger partial charge is 0.155 e. The van der Waals surface area contributed by atoms with E-state index in [2.05, 4.69) is 13.8 Å². The van der Waals surface area contributed by atoms with Crippen LogP contribution < -0.4 is 5.73 Å². The van der Waals surface area contributed by atoms with Crippen LogP contribution in [0, 0.1) is 34.5 Å². The molecule has 3 heteroatoms. The van der Waals surface area contributed by atoms with Crippen molar-refractivity contribution in [2.75, 3.05) is 6.54 Å². The fourth-order valence-corrected chi connectivity index (χ4v) is 7.59. The van der Waals surface area contributed by atoms with Crippen LogP contribution in [0.2, 0.25) is 0 Å². The van der Waals surface area contributed by atoms with E-state index < -0.39 is 0 Å². The third kappa shape index (κ3) is 1.83. The SMILES string of the molecule is C[C@]12CCC(=O)C=C1[C@@H]1O[C@@H]1C1C2CC[C@@]2(C)C1CC[C@@H]2CCN. The molecular formula is C21H31NO2. The fourth-order valence-electron chi connectivity index (χ4n) is 7.59. The van der Waals surface area contributed by atoms with Gasteiger partial charge in [-0.1, -0.05) is 13.8 Å². The highest BCUT2D eigenvalue weighted by Gasteiger charge is 2.68. The maximum Gasteiger partial charge on any atom is 0.155 e. The van der Waals surface area contributed by atoms with Gasteiger partial charge in [-0.3, -0.25) is 4.79 Å². The molecule has 0 aromatic carbocycles. The summed E-state index contributed by atoms with van der Waals surface area (Å²) in [5.41, 5.74) is 7.95. The number of carbonyl (C=O) groups excluding carboxylic acids is 1. The Balaban J connectivity index is 1.51. The predicted molar refractivity (Wildman–Crippen MR) is 93.3 cm³/mol. The zero-order chi connectivity index (χ0) is 16.7. The normalized spacial score (nSPS) is 55.1. The highest BCUT2D eigenvalue weighted by molar-refractivity contribution is 5.92. The van der Waals surface area contributed by atoms with Crippen LogP contribution in [0.15, 0.2) is 11.6 Å². The van der Waals surface area contributed by atoms with Gasteiger partial charge < -0.3 is 10.5 Å². The summed E-state index contributed by atoms with van der Waals surface area (Å²) in [5.74, 6) is 3.36. The lowest BCUT2D eigenvalue weighted by Gasteiger charge is -2.56. The summed E-state index contributed by atoms with van der Waals surface area (Å²) < 4.78 is 6.23. The third-order valence-corrected chi connectivity index (χ3v) is 8.94. The van der Waals surface area contributed by atoms with E-state index in [-0.39, 0.29) is 11.5 Å². The van der Waals surface area contributed by atoms with Crippen molar-refractivity contribution in [2.24, 2.45) is 40.2 Å². The summed E-state index contributed by atoms with van der Waals surface area (Å²) in [6.07, 6.45) is 11.0. The van der Waals surface area contributed by atoms with E-state index in [9.17, 15) is 4.79 Å². The number of hydrogen-bond donors (Lipinski definition) is 1. The van der Waals surface area contributed by atoms with Gasteiger partial charge in [0.25, 0.3) is 0 Å². The van der Waals surface area contributed by atoms with Crippen molar-refractivity contribution in [1.29, 1.82) is 0 Å². The Morgan fingerprint density at radius 2 is 2.04 bits per heavy atom. The van der Waals surface area contributed by atoms with Gasteiger partial charge in [-0.25, -0.2) is 0 Å². The number of fused-ring (bicyclic) bond motifs is 8. The molecule has 24 heavy (non-hydrogen) atoms. The molecule has 3 unspecified atom stereocenters. The Morgan fingerprint density at radius 3 is 2.83 bits per heavy atom. The van der Waals surface area contributed by atoms with Crippen molar-refractivity contribution in [1.82, 2.24) is 0 Å². The van der Waals surface area contributed by atoms with Crippen LogP contribution in [0.25, 0.3) is 0 Å². The van der Waals surface area contributed by atoms with Crippen LogP contribution in [0.4, 0.5) is 0 Å². The molecule has 5 rings (SSSR count). The van der Waals surface area contributed by atoms with Crippen molar-refractivity contribution in [2.45, 2.75) is 71.0 Å². The van der Waals surface area contributed by atoms with E-state index >= 15 is 0 Å². The quantitative estimate of drug-likeness (QED) is 0.789. The molecule has 1 saturated heterocycles. The molecule has 1 aliphatic heterocycles. The van der Waals surface area contributed by atoms with E-state index in [0.717, 1.165) is 37.1 Å². The van der Waals surface area contributed by atoms with Crippen LogP contribution in [-0.4, -0.2) is 24.5 Å². The van der Waals surface area contributed by atoms with Crippen LogP contribution in [0.5, 0.6) is 0 Å². The highest BCUT2D eigenvalue weighted by atomic mass is 16.6. The maximum absolute atomic E-state index is 12.0. The average molecular weight is 329 g/mol. The zero-order valence-electron chi connectivity index (χ0n) is 15.1. The first-order valence-electron chi connectivity index (χ1n) is 10.1. The van der Waals surface area contributed by atoms with E-state index in [1.165, 1.54) is 37.7 Å². The van der Waals surface area contributed by atoms with Crippen LogP contribution in [0.1, 0.15) is 58.8 Å². The van der Waals surface area contributed by atoms with Crippen LogP contribution in [0.3, 0.4) is 0 Å². The summed E-state index contributed by atoms with van der Waals surface area (Å²) in [6.45, 7) is 5.82. The van der Waals surface area contributed by atoms with Crippen molar-refractivity contribution in [3.05, 3.63) is 11.6 Å². The Hall–Kier alpha value is -0.670. The number of epoxide rings is 1. The molecule has 8 atom stereocenters. The van der Waals surface area contributed by atoms with Gasteiger partial charge in [0.05, 0.1) is 6.10 Å². The Morgan fingerprint density at radius 1 is 1.21 bits per heavy atom. The van der Waals surface area contributed by atoms with Gasteiger partial charge in [-0.2, -0.15) is 0 Å². The molecule has 0 radical (unpaired) electrons. The first kappa shape index (κ1) is 15.6. The molecule has 3 nitrogen and oxygen atoms in total. The molecule has 4 fully saturated rings. The lowest BCUT2D eigenvalue weighted by atomic mass is 9.47. The van der Waals surface area contributed by atoms with Gasteiger partial charge in [0.15, 0.2) is 5.78 Å². The molecule has 2 N–H and O–H groups in total. The molecule has 0 aromatic rings. The number of nitrogens with two attached hydrogens (primary N) is 1. The van der Waals surface area contributed by atoms with Gasteiger partial charge >= 0.3 is 0 Å². The van der Waals surface area contributed by atoms with Gasteiger partial charge in [0.1, 0.15) is 6.10 Å². The summed E-state index contributed by atoms with van der Waals surface area (Å²) in [6, 6.07) is 0. The number of carbonyl (C=O) groups is 1. The third-order valence-electron chi connectivity index (χ3n) is 8.94. The topological polar surface area (TPSA) is 55.6 Å². The van der Waals surface area contributed by atoms with Crippen molar-refractivity contribution < 1.29 is 9.53 Å². The number of hydrogen-bond acceptors (Lipinski definition) is 3. The van der Waals surface area contributed by atoms with Gasteiger partial charge in [-0.05, 0) is 91.2 Å². The molecule has 0 spiro atoms. The van der Waals surface area contributed by atoms with E-state index in [1.54, 1.807) is 0 Å². The second-order valence-corrected chi connectivity index (χ2v) is 9.69. The molecule has 0 amide bonds. The number of ketones is 1. The lowest BCUT2D eigenvalue weighted by molar-refractivity contribution is -0.117. The second-order valence-electron chi connectivity index (χ2n) is 9.69. The highest BCUT2D eigenvalue weighted by Crippen LogP contribution is 2.70. The van der Waals surface area contributed by atoms with Crippen LogP contribution in [-0.2, 0) is 9.53 Å². The number of ether oxygens (including phenoxy) is 1. The molecular weight excluding hydrogens is 298 g/mol. The summed E-state index contributed by atoms with van der Waals surface area (Å²) >= 11 is 0. The van der Waals surface area contributed by atoms with Crippen molar-refractivity contribution in [3.63, 3.8) is 0 Å². The minimum Gasteiger partial charge on any atom is -0.365 e. The first-order valence-corrected chi connectivity index (χ1v) is 10.1. The second kappa shape index (κ2) is 4.94. The monoisotopic (exact) mass is 329 g/mol. The Kier molecular flexibility index (Phi) is 3.21. The van der Waals surface area contributed by atoms with Crippen molar-refractivity contribution in [3.8, 4) is 0 Å². The van der Waals surface area contributed by atoms with Crippen LogP contribution >= 0.6 is 0 Å². The molecule has 0 aromatic heterocycles. The molecule has 4 aliphatic carbocycles. The van der Waals surface area contributed by atoms with Gasteiger partial charge in [0.2, 0.25) is 0 Å². The van der Waals surface area contributed by atoms with Crippen molar-refractivity contribution >= 4 is 5.78 Å². The first-order chi connectivity index (χ1) is 11.5. The summed E-state index contributed by atoms with van der Waals surface area (Å²) in [5, 5.41) is 0. The molecule has 0 bridgehead atoms.